The van der Waals surface area contributed by atoms with Gasteiger partial charge in [-0.15, -0.1) is 11.3 Å². The number of nitrogens with one attached hydrogen (secondary N) is 3. The van der Waals surface area contributed by atoms with Crippen LogP contribution in [-0.2, 0) is 45.5 Å². The molecule has 2 fully saturated rings. The van der Waals surface area contributed by atoms with Gasteiger partial charge in [0, 0.05) is 77.5 Å². The number of hydrogen-bond acceptors (Lipinski definition) is 10. The van der Waals surface area contributed by atoms with Gasteiger partial charge in [0.25, 0.3) is 11.8 Å². The van der Waals surface area contributed by atoms with E-state index in [0.717, 1.165) is 27.9 Å². The van der Waals surface area contributed by atoms with Crippen molar-refractivity contribution < 1.29 is 61.4 Å². The van der Waals surface area contributed by atoms with E-state index < -0.39 is 78.0 Å². The van der Waals surface area contributed by atoms with Gasteiger partial charge >= 0.3 is 13.3 Å². The molecule has 0 bridgehead atoms. The van der Waals surface area contributed by atoms with Crippen LogP contribution < -0.4 is 20.9 Å². The number of benzene rings is 3. The third kappa shape index (κ3) is 11.3. The summed E-state index contributed by atoms with van der Waals surface area (Å²) in [5.74, 6) is 2.80. The number of unbranched alkanes of at least 4 members (excludes halogenated alkanes) is 1. The van der Waals surface area contributed by atoms with Crippen LogP contribution in [0.15, 0.2) is 71.2 Å². The lowest BCUT2D eigenvalue weighted by molar-refractivity contribution is -0.141. The highest BCUT2D eigenvalue weighted by Crippen LogP contribution is 2.59. The van der Waals surface area contributed by atoms with Crippen molar-refractivity contribution in [3.8, 4) is 11.8 Å². The van der Waals surface area contributed by atoms with Crippen LogP contribution in [0.3, 0.4) is 0 Å². The number of ether oxygens (including phenoxy) is 1. The highest BCUT2D eigenvalue weighted by Gasteiger charge is 2.51. The van der Waals surface area contributed by atoms with Gasteiger partial charge < -0.3 is 39.9 Å². The topological polar surface area (TPSA) is 232 Å². The van der Waals surface area contributed by atoms with Crippen molar-refractivity contribution in [2.24, 2.45) is 5.41 Å². The molecule has 7 amide bonds. The number of hydrogen-bond donors (Lipinski definition) is 5. The van der Waals surface area contributed by atoms with E-state index in [2.05, 4.69) is 43.7 Å². The molecule has 0 saturated carbocycles. The molecule has 7 rings (SSSR count). The largest absolute Gasteiger partial charge is 0.399 e. The Morgan fingerprint density at radius 1 is 1.06 bits per heavy atom. The summed E-state index contributed by atoms with van der Waals surface area (Å²) in [7, 11) is -4.29. The Kier molecular flexibility index (Phi) is 15.5. The van der Waals surface area contributed by atoms with Crippen LogP contribution in [0.5, 0.6) is 0 Å². The van der Waals surface area contributed by atoms with Gasteiger partial charge in [-0.2, -0.15) is 8.78 Å². The molecule has 0 radical (unpaired) electrons. The molecular formula is C48H50BrF2N6O11PS. The van der Waals surface area contributed by atoms with E-state index in [4.69, 9.17) is 4.74 Å². The quantitative estimate of drug-likeness (QED) is 0.0465. The number of carbonyl (C=O) groups excluding carboxylic acids is 7. The second-order valence-electron chi connectivity index (χ2n) is 18.3. The van der Waals surface area contributed by atoms with Gasteiger partial charge in [-0.1, -0.05) is 60.7 Å². The molecule has 0 aliphatic carbocycles. The number of fused-ring (bicyclic) bond motifs is 2. The number of rotatable bonds is 14. The van der Waals surface area contributed by atoms with Gasteiger partial charge in [0.1, 0.15) is 24.7 Å². The fourth-order valence-electron chi connectivity index (χ4n) is 8.45. The van der Waals surface area contributed by atoms with E-state index in [0.29, 0.717) is 39.9 Å². The Balaban J connectivity index is 0.979. The van der Waals surface area contributed by atoms with Gasteiger partial charge in [0.2, 0.25) is 29.5 Å². The zero-order valence-electron chi connectivity index (χ0n) is 38.4. The molecular weight excluding hydrogens is 1020 g/mol. The number of halogens is 3. The molecule has 17 nitrogen and oxygen atoms in total. The van der Waals surface area contributed by atoms with Crippen LogP contribution in [0.1, 0.15) is 89.6 Å². The lowest BCUT2D eigenvalue weighted by atomic mass is 9.85. The molecule has 0 spiro atoms. The number of likely N-dealkylation sites (tertiary alicyclic amines) is 1. The molecule has 70 heavy (non-hydrogen) atoms. The van der Waals surface area contributed by atoms with Gasteiger partial charge in [0.05, 0.1) is 11.0 Å². The fraction of sp³-hybridized carbons (Fsp3) is 0.396. The predicted molar refractivity (Wildman–Crippen MR) is 257 cm³/mol. The number of thiophene rings is 1. The van der Waals surface area contributed by atoms with Crippen molar-refractivity contribution in [3.63, 3.8) is 0 Å². The summed E-state index contributed by atoms with van der Waals surface area (Å²) >= 11 is 4.32. The van der Waals surface area contributed by atoms with Crippen molar-refractivity contribution in [3.05, 3.63) is 98.3 Å². The molecule has 4 aromatic rings. The number of piperidine rings is 1. The second-order valence-corrected chi connectivity index (χ2v) is 21.9. The molecule has 4 heterocycles. The minimum absolute atomic E-state index is 0.0249. The van der Waals surface area contributed by atoms with E-state index in [-0.39, 0.29) is 67.6 Å². The van der Waals surface area contributed by atoms with Crippen molar-refractivity contribution >= 4 is 92.0 Å². The van der Waals surface area contributed by atoms with Crippen LogP contribution >= 0.6 is 34.9 Å². The van der Waals surface area contributed by atoms with Crippen LogP contribution in [0.25, 0.3) is 10.1 Å². The number of amides is 7. The first kappa shape index (κ1) is 52.0. The molecule has 5 N–H and O–H groups in total. The standard InChI is InChI=1S/C48H50BrF2N6O11PS/c1-47(2,3)41(54-43(61)38-22-28-21-29(12-18-37(28)70-38)48(50,51)69(65,66)67)46(64)56-24-32(23-36(56)45(63)55(4)31-15-13-30(49)14-16-31)68-26-40(59)52-20-7-5-6-9-27-10-8-11-33-34(27)25-57(44(33)62)35-17-19-39(58)53-42(35)60/h8,10-16,18,21-22,32,35-36,41H,5,7,17,19-20,23-26H2,1-4H3,(H,52,59)(H,54,61)(H,53,58,60)(H2,65,66,67)/t32-,35?,36+,41?/m1/s1. The first-order valence-electron chi connectivity index (χ1n) is 22.2. The van der Waals surface area contributed by atoms with Crippen LogP contribution in [0, 0.1) is 17.3 Å². The van der Waals surface area contributed by atoms with E-state index in [1.807, 2.05) is 0 Å². The number of carbonyl (C=O) groups is 7. The van der Waals surface area contributed by atoms with E-state index in [1.165, 1.54) is 26.8 Å². The maximum absolute atomic E-state index is 14.7. The maximum atomic E-state index is 14.7. The predicted octanol–water partition coefficient (Wildman–Crippen LogP) is 5.39. The summed E-state index contributed by atoms with van der Waals surface area (Å²) in [6.45, 7) is 5.12. The minimum atomic E-state index is -5.85. The number of nitrogens with zero attached hydrogens (tertiary/aromatic N) is 3. The minimum Gasteiger partial charge on any atom is -0.366 e. The van der Waals surface area contributed by atoms with Gasteiger partial charge in [0.15, 0.2) is 0 Å². The Morgan fingerprint density at radius 2 is 1.79 bits per heavy atom. The average Bonchev–Trinajstić information content (AvgIpc) is 4.03. The molecule has 1 aromatic heterocycles. The first-order chi connectivity index (χ1) is 32.9. The number of imide groups is 1. The van der Waals surface area contributed by atoms with Crippen molar-refractivity contribution in [1.82, 2.24) is 25.8 Å². The van der Waals surface area contributed by atoms with Crippen molar-refractivity contribution in [2.45, 2.75) is 89.3 Å². The fourth-order valence-corrected chi connectivity index (χ4v) is 10.1. The lowest BCUT2D eigenvalue weighted by Crippen LogP contribution is -2.57. The van der Waals surface area contributed by atoms with E-state index >= 15 is 0 Å². The summed E-state index contributed by atoms with van der Waals surface area (Å²) in [6.07, 6.45) is 0.536. The van der Waals surface area contributed by atoms with Crippen molar-refractivity contribution in [1.29, 1.82) is 0 Å². The Labute approximate surface area is 413 Å². The Bertz CT molecular complexity index is 2880. The normalized spacial score (nSPS) is 18.8. The van der Waals surface area contributed by atoms with E-state index in [9.17, 15) is 56.7 Å². The summed E-state index contributed by atoms with van der Waals surface area (Å²) in [5, 5.41) is 7.99. The number of alkyl halides is 2. The molecule has 4 atom stereocenters. The average molecular weight is 1070 g/mol. The number of likely N-dealkylation sites (N-methyl/N-ethyl adjacent to an activating group) is 1. The molecule has 3 aromatic carbocycles. The van der Waals surface area contributed by atoms with Crippen LogP contribution in [0.4, 0.5) is 14.5 Å². The summed E-state index contributed by atoms with van der Waals surface area (Å²) < 4.78 is 47.7. The van der Waals surface area contributed by atoms with Crippen LogP contribution in [0.2, 0.25) is 0 Å². The monoisotopic (exact) mass is 1070 g/mol. The SMILES string of the molecule is CN(C(=O)[C@@H]1C[C@@H](OCC(=O)NCCCC#Cc2cccc3c2CN(C2CCC(=O)NC2=O)C3=O)CN1C(=O)C(NC(=O)c1cc2cc(C(F)(F)P(=O)(O)O)ccc2s1)C(C)(C)C)c1ccc(Br)cc1. The molecule has 2 saturated heterocycles. The molecule has 3 aliphatic heterocycles. The second kappa shape index (κ2) is 20.8. The van der Waals surface area contributed by atoms with Gasteiger partial charge in [-0.3, -0.25) is 43.4 Å². The highest BCUT2D eigenvalue weighted by atomic mass is 79.9. The maximum Gasteiger partial charge on any atom is 0.399 e. The summed E-state index contributed by atoms with van der Waals surface area (Å²) in [6, 6.07) is 13.4. The molecule has 2 unspecified atom stereocenters. The first-order valence-corrected chi connectivity index (χ1v) is 25.4. The highest BCUT2D eigenvalue weighted by molar-refractivity contribution is 9.10. The Morgan fingerprint density at radius 3 is 2.47 bits per heavy atom. The third-order valence-electron chi connectivity index (χ3n) is 12.3. The lowest BCUT2D eigenvalue weighted by Gasteiger charge is -2.36. The van der Waals surface area contributed by atoms with Crippen LogP contribution in [-0.4, -0.2) is 112 Å². The van der Waals surface area contributed by atoms with E-state index in [1.54, 1.807) is 70.3 Å². The zero-order chi connectivity index (χ0) is 50.9. The zero-order valence-corrected chi connectivity index (χ0v) is 41.7. The Hall–Kier alpha value is -5.88. The summed E-state index contributed by atoms with van der Waals surface area (Å²) in [5.41, 5.74) is -3.98. The van der Waals surface area contributed by atoms with Gasteiger partial charge in [-0.05, 0) is 83.8 Å². The van der Waals surface area contributed by atoms with Gasteiger partial charge in [-0.25, -0.2) is 0 Å². The summed E-state index contributed by atoms with van der Waals surface area (Å²) in [4.78, 5) is 116. The molecule has 3 aliphatic rings. The van der Waals surface area contributed by atoms with Crippen molar-refractivity contribution in [2.75, 3.05) is 31.6 Å². The molecule has 22 heteroatoms. The third-order valence-corrected chi connectivity index (χ3v) is 14.9. The number of anilines is 1. The smallest absolute Gasteiger partial charge is 0.366 e. The molecule has 370 valence electrons.